The average Bonchev–Trinajstić information content (AvgIpc) is 2.45. The molecule has 0 radical (unpaired) electrons. The Balaban J connectivity index is 1.98. The van der Waals surface area contributed by atoms with Gasteiger partial charge in [0.2, 0.25) is 0 Å². The van der Waals surface area contributed by atoms with Crippen LogP contribution < -0.4 is 5.73 Å². The largest absolute Gasteiger partial charge is 0.388 e. The van der Waals surface area contributed by atoms with Crippen LogP contribution in [0.2, 0.25) is 0 Å². The van der Waals surface area contributed by atoms with E-state index in [4.69, 9.17) is 15.9 Å². The minimum absolute atomic E-state index is 0.139. The highest BCUT2D eigenvalue weighted by Crippen LogP contribution is 2.23. The monoisotopic (exact) mass is 291 g/mol. The van der Waals surface area contributed by atoms with Gasteiger partial charge in [0.05, 0.1) is 17.4 Å². The van der Waals surface area contributed by atoms with Gasteiger partial charge in [-0.2, -0.15) is 0 Å². The molecule has 5 nitrogen and oxygen atoms in total. The van der Waals surface area contributed by atoms with Crippen LogP contribution in [0.1, 0.15) is 24.3 Å². The maximum atomic E-state index is 10.6. The van der Waals surface area contributed by atoms with Crippen molar-refractivity contribution in [2.75, 3.05) is 33.4 Å². The molecule has 0 aromatic heterocycles. The van der Waals surface area contributed by atoms with E-state index in [-0.39, 0.29) is 11.8 Å². The second kappa shape index (κ2) is 7.02. The molecule has 1 heterocycles. The minimum atomic E-state index is -0.689. The molecule has 0 aliphatic carbocycles. The van der Waals surface area contributed by atoms with E-state index >= 15 is 0 Å². The molecule has 1 aliphatic heterocycles. The molecular formula is C16H25N3O2. The highest BCUT2D eigenvalue weighted by atomic mass is 16.5. The van der Waals surface area contributed by atoms with Crippen molar-refractivity contribution in [2.24, 2.45) is 5.73 Å². The summed E-state index contributed by atoms with van der Waals surface area (Å²) in [5.41, 5.74) is 6.11. The summed E-state index contributed by atoms with van der Waals surface area (Å²) in [4.78, 5) is 2.06. The fourth-order valence-corrected chi connectivity index (χ4v) is 2.86. The van der Waals surface area contributed by atoms with E-state index in [0.717, 1.165) is 5.56 Å². The van der Waals surface area contributed by atoms with Gasteiger partial charge in [0.25, 0.3) is 0 Å². The maximum absolute atomic E-state index is 10.6. The van der Waals surface area contributed by atoms with E-state index in [2.05, 4.69) is 4.90 Å². The number of nitrogens with two attached hydrogens (primary N) is 1. The Labute approximate surface area is 126 Å². The van der Waals surface area contributed by atoms with Crippen molar-refractivity contribution in [3.8, 4) is 0 Å². The summed E-state index contributed by atoms with van der Waals surface area (Å²) in [5.74, 6) is 0.0201. The second-order valence-electron chi connectivity index (χ2n) is 5.95. The van der Waals surface area contributed by atoms with Crippen molar-refractivity contribution in [1.29, 1.82) is 5.41 Å². The number of nitrogens with one attached hydrogen (secondary N) is 1. The van der Waals surface area contributed by atoms with Crippen LogP contribution in [-0.2, 0) is 4.74 Å². The number of benzene rings is 1. The molecule has 1 aromatic carbocycles. The van der Waals surface area contributed by atoms with E-state index < -0.39 is 5.60 Å². The van der Waals surface area contributed by atoms with Gasteiger partial charge >= 0.3 is 0 Å². The predicted octanol–water partition coefficient (Wildman–Crippen LogP) is 1.18. The van der Waals surface area contributed by atoms with Gasteiger partial charge in [-0.15, -0.1) is 0 Å². The van der Waals surface area contributed by atoms with Crippen molar-refractivity contribution in [3.63, 3.8) is 0 Å². The van der Waals surface area contributed by atoms with Crippen LogP contribution in [0.5, 0.6) is 0 Å². The first-order valence-corrected chi connectivity index (χ1v) is 7.38. The molecule has 0 bridgehead atoms. The van der Waals surface area contributed by atoms with E-state index in [1.807, 2.05) is 37.4 Å². The third kappa shape index (κ3) is 4.52. The lowest BCUT2D eigenvalue weighted by atomic mass is 9.92. The third-order valence-electron chi connectivity index (χ3n) is 4.06. The quantitative estimate of drug-likeness (QED) is 0.543. The van der Waals surface area contributed by atoms with E-state index in [9.17, 15) is 5.11 Å². The molecule has 0 spiro atoms. The molecule has 1 saturated heterocycles. The lowest BCUT2D eigenvalue weighted by molar-refractivity contribution is -0.0769. The molecule has 1 aromatic rings. The first-order valence-electron chi connectivity index (χ1n) is 7.38. The van der Waals surface area contributed by atoms with Crippen molar-refractivity contribution in [1.82, 2.24) is 4.90 Å². The molecule has 0 amide bonds. The smallest absolute Gasteiger partial charge is 0.0995 e. The number of hydrogen-bond donors (Lipinski definition) is 3. The molecule has 1 fully saturated rings. The topological polar surface area (TPSA) is 82.6 Å². The molecule has 116 valence electrons. The summed E-state index contributed by atoms with van der Waals surface area (Å²) in [6, 6.07) is 9.84. The van der Waals surface area contributed by atoms with Crippen LogP contribution in [0, 0.1) is 5.41 Å². The Morgan fingerprint density at radius 2 is 2.00 bits per heavy atom. The van der Waals surface area contributed by atoms with Crippen molar-refractivity contribution in [2.45, 2.75) is 24.4 Å². The molecule has 4 N–H and O–H groups in total. The van der Waals surface area contributed by atoms with Crippen LogP contribution >= 0.6 is 0 Å². The molecule has 0 saturated carbocycles. The van der Waals surface area contributed by atoms with E-state index in [1.54, 1.807) is 0 Å². The molecule has 1 aliphatic rings. The molecular weight excluding hydrogens is 266 g/mol. The Hall–Kier alpha value is -1.43. The zero-order chi connectivity index (χ0) is 15.3. The van der Waals surface area contributed by atoms with Crippen molar-refractivity contribution >= 4 is 5.84 Å². The van der Waals surface area contributed by atoms with Crippen LogP contribution in [-0.4, -0.2) is 54.8 Å². The number of aliphatic hydroxyl groups is 1. The van der Waals surface area contributed by atoms with Crippen LogP contribution in [0.4, 0.5) is 0 Å². The summed E-state index contributed by atoms with van der Waals surface area (Å²) in [6.07, 6.45) is 1.32. The normalized spacial score (nSPS) is 19.4. The predicted molar refractivity (Wildman–Crippen MR) is 83.6 cm³/mol. The van der Waals surface area contributed by atoms with Gasteiger partial charge in [0, 0.05) is 39.1 Å². The van der Waals surface area contributed by atoms with Crippen LogP contribution in [0.25, 0.3) is 0 Å². The van der Waals surface area contributed by atoms with Crippen LogP contribution in [0.15, 0.2) is 30.3 Å². The van der Waals surface area contributed by atoms with Gasteiger partial charge in [-0.05, 0) is 12.6 Å². The van der Waals surface area contributed by atoms with Gasteiger partial charge < -0.3 is 20.5 Å². The zero-order valence-corrected chi connectivity index (χ0v) is 12.6. The Morgan fingerprint density at radius 3 is 2.57 bits per heavy atom. The van der Waals surface area contributed by atoms with Crippen molar-refractivity contribution in [3.05, 3.63) is 35.9 Å². The fourth-order valence-electron chi connectivity index (χ4n) is 2.86. The summed E-state index contributed by atoms with van der Waals surface area (Å²) in [7, 11) is 1.96. The number of hydrogen-bond acceptors (Lipinski definition) is 4. The number of amidine groups is 1. The molecule has 5 heteroatoms. The molecule has 2 rings (SSSR count). The Bertz CT molecular complexity index is 458. The van der Waals surface area contributed by atoms with Gasteiger partial charge in [-0.25, -0.2) is 0 Å². The van der Waals surface area contributed by atoms with Crippen molar-refractivity contribution < 1.29 is 9.84 Å². The molecule has 1 unspecified atom stereocenters. The Kier molecular flexibility index (Phi) is 5.33. The van der Waals surface area contributed by atoms with Gasteiger partial charge in [0.15, 0.2) is 0 Å². The maximum Gasteiger partial charge on any atom is 0.0995 e. The minimum Gasteiger partial charge on any atom is -0.388 e. The highest BCUT2D eigenvalue weighted by Gasteiger charge is 2.31. The summed E-state index contributed by atoms with van der Waals surface area (Å²) >= 11 is 0. The fraction of sp³-hybridized carbons (Fsp3) is 0.562. The lowest BCUT2D eigenvalue weighted by Gasteiger charge is -2.36. The highest BCUT2D eigenvalue weighted by molar-refractivity contribution is 5.84. The SMILES string of the molecule is CN(CC(C(=N)N)c1ccccc1)CC1(O)CCOCC1. The average molecular weight is 291 g/mol. The summed E-state index contributed by atoms with van der Waals surface area (Å²) in [6.45, 7) is 2.42. The third-order valence-corrected chi connectivity index (χ3v) is 4.06. The summed E-state index contributed by atoms with van der Waals surface area (Å²) in [5, 5.41) is 18.4. The van der Waals surface area contributed by atoms with Gasteiger partial charge in [0.1, 0.15) is 0 Å². The van der Waals surface area contributed by atoms with Crippen LogP contribution in [0.3, 0.4) is 0 Å². The number of ether oxygens (including phenoxy) is 1. The number of likely N-dealkylation sites (N-methyl/N-ethyl adjacent to an activating group) is 1. The molecule has 1 atom stereocenters. The lowest BCUT2D eigenvalue weighted by Crippen LogP contribution is -2.47. The first-order chi connectivity index (χ1) is 10.0. The standard InChI is InChI=1S/C16H25N3O2/c1-19(12-16(20)7-9-21-10-8-16)11-14(15(17)18)13-5-3-2-4-6-13/h2-6,14,20H,7-12H2,1H3,(H3,17,18). The summed E-state index contributed by atoms with van der Waals surface area (Å²) < 4.78 is 5.30. The van der Waals surface area contributed by atoms with E-state index in [1.165, 1.54) is 0 Å². The molecule has 21 heavy (non-hydrogen) atoms. The zero-order valence-electron chi connectivity index (χ0n) is 12.6. The van der Waals surface area contributed by atoms with E-state index in [0.29, 0.717) is 39.1 Å². The first kappa shape index (κ1) is 15.9. The number of rotatable bonds is 6. The number of nitrogens with zero attached hydrogens (tertiary/aromatic N) is 1. The van der Waals surface area contributed by atoms with Gasteiger partial charge in [-0.1, -0.05) is 30.3 Å². The second-order valence-corrected chi connectivity index (χ2v) is 5.95. The Morgan fingerprint density at radius 1 is 1.38 bits per heavy atom. The van der Waals surface area contributed by atoms with Gasteiger partial charge in [-0.3, -0.25) is 5.41 Å².